The fourth-order valence-electron chi connectivity index (χ4n) is 5.02. The van der Waals surface area contributed by atoms with Crippen LogP contribution in [0.15, 0.2) is 0 Å². The summed E-state index contributed by atoms with van der Waals surface area (Å²) in [5.74, 6) is 1.48. The van der Waals surface area contributed by atoms with E-state index in [1.165, 1.54) is 19.3 Å². The van der Waals surface area contributed by atoms with E-state index in [1.54, 1.807) is 0 Å². The molecule has 2 amide bonds. The average molecular weight is 278 g/mol. The number of amides is 2. The lowest BCUT2D eigenvalue weighted by molar-refractivity contribution is -0.142. The minimum Gasteiger partial charge on any atom is -0.348 e. The first kappa shape index (κ1) is 13.9. The van der Waals surface area contributed by atoms with Crippen LogP contribution in [0, 0.1) is 17.8 Å². The van der Waals surface area contributed by atoms with Gasteiger partial charge in [0.15, 0.2) is 0 Å². The first-order chi connectivity index (χ1) is 9.60. The Morgan fingerprint density at radius 2 is 1.55 bits per heavy atom. The third-order valence-corrected chi connectivity index (χ3v) is 5.44. The van der Waals surface area contributed by atoms with Crippen LogP contribution in [0.2, 0.25) is 0 Å². The largest absolute Gasteiger partial charge is 0.348 e. The van der Waals surface area contributed by atoms with Gasteiger partial charge in [-0.3, -0.25) is 9.59 Å². The molecule has 0 saturated heterocycles. The molecule has 0 aromatic rings. The number of hydrogen-bond acceptors (Lipinski definition) is 2. The number of hydrogen-bond donors (Lipinski definition) is 2. The lowest BCUT2D eigenvalue weighted by Crippen LogP contribution is -2.61. The van der Waals surface area contributed by atoms with Crippen molar-refractivity contribution in [3.63, 3.8) is 0 Å². The summed E-state index contributed by atoms with van der Waals surface area (Å²) in [7, 11) is 0. The topological polar surface area (TPSA) is 58.2 Å². The van der Waals surface area contributed by atoms with E-state index in [9.17, 15) is 9.59 Å². The number of carbonyl (C=O) groups is 2. The predicted molar refractivity (Wildman–Crippen MR) is 77.0 cm³/mol. The summed E-state index contributed by atoms with van der Waals surface area (Å²) in [5.41, 5.74) is -0.0616. The molecular weight excluding hydrogens is 252 g/mol. The van der Waals surface area contributed by atoms with Gasteiger partial charge in [-0.2, -0.15) is 0 Å². The highest BCUT2D eigenvalue weighted by molar-refractivity contribution is 6.35. The fourth-order valence-corrected chi connectivity index (χ4v) is 5.02. The molecule has 0 spiro atoms. The van der Waals surface area contributed by atoms with Crippen LogP contribution < -0.4 is 10.6 Å². The SMILES string of the molecule is CCCCNC(=O)C(=O)NC12CC3CC(CC(C3)C1)C2. The molecule has 112 valence electrons. The average Bonchev–Trinajstić information content (AvgIpc) is 2.36. The molecule has 4 heteroatoms. The summed E-state index contributed by atoms with van der Waals surface area (Å²) < 4.78 is 0. The summed E-state index contributed by atoms with van der Waals surface area (Å²) in [4.78, 5) is 23.9. The molecule has 0 aromatic carbocycles. The van der Waals surface area contributed by atoms with Gasteiger partial charge in [0.25, 0.3) is 0 Å². The van der Waals surface area contributed by atoms with E-state index in [1.807, 2.05) is 0 Å². The quantitative estimate of drug-likeness (QED) is 0.610. The lowest BCUT2D eigenvalue weighted by atomic mass is 9.53. The van der Waals surface area contributed by atoms with Gasteiger partial charge < -0.3 is 10.6 Å². The Kier molecular flexibility index (Phi) is 3.74. The molecule has 0 radical (unpaired) electrons. The lowest BCUT2D eigenvalue weighted by Gasteiger charge is -2.56. The van der Waals surface area contributed by atoms with Crippen molar-refractivity contribution in [2.24, 2.45) is 17.8 Å². The van der Waals surface area contributed by atoms with Crippen molar-refractivity contribution < 1.29 is 9.59 Å². The molecule has 4 fully saturated rings. The van der Waals surface area contributed by atoms with Gasteiger partial charge in [0.1, 0.15) is 0 Å². The summed E-state index contributed by atoms with van der Waals surface area (Å²) in [5, 5.41) is 5.82. The molecule has 4 saturated carbocycles. The number of nitrogens with one attached hydrogen (secondary N) is 2. The predicted octanol–water partition coefficient (Wildman–Crippen LogP) is 1.99. The van der Waals surface area contributed by atoms with Gasteiger partial charge >= 0.3 is 11.8 Å². The summed E-state index contributed by atoms with van der Waals surface area (Å²) in [6.07, 6.45) is 9.26. The maximum atomic E-state index is 12.1. The zero-order valence-corrected chi connectivity index (χ0v) is 12.4. The van der Waals surface area contributed by atoms with E-state index in [4.69, 9.17) is 0 Å². The van der Waals surface area contributed by atoms with Crippen LogP contribution in [-0.4, -0.2) is 23.9 Å². The van der Waals surface area contributed by atoms with Gasteiger partial charge in [-0.05, 0) is 62.7 Å². The van der Waals surface area contributed by atoms with Crippen molar-refractivity contribution in [2.45, 2.75) is 63.8 Å². The van der Waals surface area contributed by atoms with Crippen LogP contribution in [-0.2, 0) is 9.59 Å². The Bertz CT molecular complexity index is 370. The Hall–Kier alpha value is -1.06. The Morgan fingerprint density at radius 3 is 2.05 bits per heavy atom. The third-order valence-electron chi connectivity index (χ3n) is 5.44. The molecule has 0 heterocycles. The molecular formula is C16H26N2O2. The summed E-state index contributed by atoms with van der Waals surface area (Å²) >= 11 is 0. The first-order valence-electron chi connectivity index (χ1n) is 8.20. The smallest absolute Gasteiger partial charge is 0.309 e. The monoisotopic (exact) mass is 278 g/mol. The van der Waals surface area contributed by atoms with Gasteiger partial charge in [-0.25, -0.2) is 0 Å². The highest BCUT2D eigenvalue weighted by Gasteiger charge is 2.51. The molecule has 4 aliphatic rings. The zero-order valence-electron chi connectivity index (χ0n) is 12.4. The molecule has 2 N–H and O–H groups in total. The maximum Gasteiger partial charge on any atom is 0.309 e. The van der Waals surface area contributed by atoms with Gasteiger partial charge in [-0.15, -0.1) is 0 Å². The normalized spacial score (nSPS) is 37.8. The van der Waals surface area contributed by atoms with Gasteiger partial charge in [0, 0.05) is 12.1 Å². The van der Waals surface area contributed by atoms with Crippen molar-refractivity contribution >= 4 is 11.8 Å². The van der Waals surface area contributed by atoms with Gasteiger partial charge in [-0.1, -0.05) is 13.3 Å². The zero-order chi connectivity index (χ0) is 14.2. The van der Waals surface area contributed by atoms with Gasteiger partial charge in [0.2, 0.25) is 0 Å². The van der Waals surface area contributed by atoms with Crippen LogP contribution >= 0.6 is 0 Å². The minimum absolute atomic E-state index is 0.0616. The van der Waals surface area contributed by atoms with Crippen LogP contribution in [0.25, 0.3) is 0 Å². The molecule has 0 unspecified atom stereocenters. The van der Waals surface area contributed by atoms with E-state index in [0.717, 1.165) is 49.9 Å². The van der Waals surface area contributed by atoms with Gasteiger partial charge in [0.05, 0.1) is 0 Å². The third kappa shape index (κ3) is 2.70. The molecule has 0 atom stereocenters. The van der Waals surface area contributed by atoms with Crippen LogP contribution in [0.5, 0.6) is 0 Å². The first-order valence-corrected chi connectivity index (χ1v) is 8.20. The van der Waals surface area contributed by atoms with Crippen molar-refractivity contribution in [3.8, 4) is 0 Å². The van der Waals surface area contributed by atoms with Crippen molar-refractivity contribution in [1.29, 1.82) is 0 Å². The van der Waals surface area contributed by atoms with E-state index in [2.05, 4.69) is 17.6 Å². The number of carbonyl (C=O) groups excluding carboxylic acids is 2. The molecule has 4 nitrogen and oxygen atoms in total. The van der Waals surface area contributed by atoms with Crippen molar-refractivity contribution in [1.82, 2.24) is 10.6 Å². The number of unbranched alkanes of at least 4 members (excludes halogenated alkanes) is 1. The minimum atomic E-state index is -0.450. The Morgan fingerprint density at radius 1 is 1.00 bits per heavy atom. The van der Waals surface area contributed by atoms with E-state index < -0.39 is 11.8 Å². The van der Waals surface area contributed by atoms with E-state index in [-0.39, 0.29) is 5.54 Å². The van der Waals surface area contributed by atoms with E-state index >= 15 is 0 Å². The highest BCUT2D eigenvalue weighted by atomic mass is 16.2. The fraction of sp³-hybridized carbons (Fsp3) is 0.875. The van der Waals surface area contributed by atoms with Crippen LogP contribution in [0.1, 0.15) is 58.3 Å². The van der Waals surface area contributed by atoms with E-state index in [0.29, 0.717) is 6.54 Å². The molecule has 4 bridgehead atoms. The molecule has 4 rings (SSSR count). The van der Waals surface area contributed by atoms with Crippen LogP contribution in [0.4, 0.5) is 0 Å². The number of rotatable bonds is 4. The molecule has 0 aliphatic heterocycles. The summed E-state index contributed by atoms with van der Waals surface area (Å²) in [6, 6.07) is 0. The standard InChI is InChI=1S/C16H26N2O2/c1-2-3-4-17-14(19)15(20)18-16-8-11-5-12(9-16)7-13(6-11)10-16/h11-13H,2-10H2,1H3,(H,17,19)(H,18,20). The summed E-state index contributed by atoms with van der Waals surface area (Å²) in [6.45, 7) is 2.67. The van der Waals surface area contributed by atoms with Crippen molar-refractivity contribution in [3.05, 3.63) is 0 Å². The Labute approximate surface area is 121 Å². The molecule has 0 aromatic heterocycles. The maximum absolute atomic E-state index is 12.1. The van der Waals surface area contributed by atoms with Crippen molar-refractivity contribution in [2.75, 3.05) is 6.54 Å². The highest BCUT2D eigenvalue weighted by Crippen LogP contribution is 2.55. The molecule has 4 aliphatic carbocycles. The second-order valence-corrected chi connectivity index (χ2v) is 7.26. The van der Waals surface area contributed by atoms with Crippen LogP contribution in [0.3, 0.4) is 0 Å². The Balaban J connectivity index is 1.57. The molecule has 20 heavy (non-hydrogen) atoms. The second kappa shape index (κ2) is 5.38. The second-order valence-electron chi connectivity index (χ2n) is 7.26.